The highest BCUT2D eigenvalue weighted by Gasteiger charge is 1.99. The summed E-state index contributed by atoms with van der Waals surface area (Å²) in [7, 11) is 0. The van der Waals surface area contributed by atoms with Crippen LogP contribution in [0.15, 0.2) is 36.4 Å². The minimum absolute atomic E-state index is 0.382. The van der Waals surface area contributed by atoms with Gasteiger partial charge < -0.3 is 15.2 Å². The molecule has 2 rings (SSSR count). The van der Waals surface area contributed by atoms with E-state index >= 15 is 0 Å². The molecule has 0 aromatic heterocycles. The lowest BCUT2D eigenvalue weighted by molar-refractivity contribution is 0.131. The summed E-state index contributed by atoms with van der Waals surface area (Å²) >= 11 is 0. The van der Waals surface area contributed by atoms with Crippen molar-refractivity contribution >= 4 is 10.8 Å². The van der Waals surface area contributed by atoms with E-state index in [0.29, 0.717) is 13.2 Å². The predicted octanol–water partition coefficient (Wildman–Crippen LogP) is 2.96. The Labute approximate surface area is 126 Å². The van der Waals surface area contributed by atoms with E-state index in [9.17, 15) is 0 Å². The molecule has 2 aromatic rings. The Kier molecular flexibility index (Phi) is 6.08. The summed E-state index contributed by atoms with van der Waals surface area (Å²) < 4.78 is 11.0. The van der Waals surface area contributed by atoms with Crippen LogP contribution in [0.25, 0.3) is 10.8 Å². The van der Waals surface area contributed by atoms with Crippen molar-refractivity contribution < 1.29 is 9.47 Å². The molecule has 2 aromatic carbocycles. The normalized spacial score (nSPS) is 10.2. The van der Waals surface area contributed by atoms with Gasteiger partial charge in [0.1, 0.15) is 5.75 Å². The van der Waals surface area contributed by atoms with E-state index in [1.54, 1.807) is 0 Å². The highest BCUT2D eigenvalue weighted by Crippen LogP contribution is 2.22. The fourth-order valence-electron chi connectivity index (χ4n) is 2.04. The number of fused-ring (bicyclic) bond motifs is 1. The molecule has 0 saturated carbocycles. The van der Waals surface area contributed by atoms with Gasteiger partial charge in [-0.3, -0.25) is 0 Å². The largest absolute Gasteiger partial charge is 0.493 e. The zero-order valence-corrected chi connectivity index (χ0v) is 12.4. The maximum Gasteiger partial charge on any atom is 0.119 e. The van der Waals surface area contributed by atoms with Crippen LogP contribution in [-0.2, 0) is 4.74 Å². The summed E-state index contributed by atoms with van der Waals surface area (Å²) in [5.41, 5.74) is 6.37. The molecule has 3 nitrogen and oxygen atoms in total. The second kappa shape index (κ2) is 8.31. The molecule has 0 fully saturated rings. The van der Waals surface area contributed by atoms with E-state index in [4.69, 9.17) is 15.2 Å². The Morgan fingerprint density at radius 2 is 1.86 bits per heavy atom. The van der Waals surface area contributed by atoms with Crippen LogP contribution >= 0.6 is 0 Å². The van der Waals surface area contributed by atoms with Crippen LogP contribution in [0.4, 0.5) is 0 Å². The molecule has 3 heteroatoms. The quantitative estimate of drug-likeness (QED) is 0.655. The number of benzene rings is 2. The van der Waals surface area contributed by atoms with E-state index in [2.05, 4.69) is 36.1 Å². The minimum Gasteiger partial charge on any atom is -0.493 e. The Morgan fingerprint density at radius 1 is 1.05 bits per heavy atom. The summed E-state index contributed by atoms with van der Waals surface area (Å²) in [6.07, 6.45) is 0.902. The van der Waals surface area contributed by atoms with E-state index in [1.807, 2.05) is 19.1 Å². The molecule has 0 amide bonds. The third kappa shape index (κ3) is 4.78. The van der Waals surface area contributed by atoms with Gasteiger partial charge in [-0.2, -0.15) is 0 Å². The minimum atomic E-state index is 0.382. The lowest BCUT2D eigenvalue weighted by Crippen LogP contribution is -2.02. The lowest BCUT2D eigenvalue weighted by Gasteiger charge is -2.07. The van der Waals surface area contributed by atoms with Crippen molar-refractivity contribution in [3.8, 4) is 17.6 Å². The third-order valence-corrected chi connectivity index (χ3v) is 3.05. The molecule has 0 unspecified atom stereocenters. The van der Waals surface area contributed by atoms with Crippen molar-refractivity contribution in [3.05, 3.63) is 42.0 Å². The van der Waals surface area contributed by atoms with E-state index in [-0.39, 0.29) is 0 Å². The van der Waals surface area contributed by atoms with Crippen molar-refractivity contribution in [2.45, 2.75) is 13.3 Å². The zero-order valence-electron chi connectivity index (χ0n) is 12.4. The molecule has 0 atom stereocenters. The molecule has 0 saturated heterocycles. The molecule has 0 spiro atoms. The van der Waals surface area contributed by atoms with Gasteiger partial charge in [-0.25, -0.2) is 0 Å². The van der Waals surface area contributed by atoms with Gasteiger partial charge in [-0.1, -0.05) is 24.0 Å². The van der Waals surface area contributed by atoms with E-state index in [1.165, 1.54) is 0 Å². The molecular formula is C18H21NO2. The van der Waals surface area contributed by atoms with Crippen molar-refractivity contribution in [3.63, 3.8) is 0 Å². The fraction of sp³-hybridized carbons (Fsp3) is 0.333. The van der Waals surface area contributed by atoms with E-state index < -0.39 is 0 Å². The molecule has 0 radical (unpaired) electrons. The molecule has 0 aliphatic rings. The van der Waals surface area contributed by atoms with Gasteiger partial charge in [0.25, 0.3) is 0 Å². The first-order valence-electron chi connectivity index (χ1n) is 7.27. The van der Waals surface area contributed by atoms with Crippen LogP contribution < -0.4 is 10.5 Å². The first-order chi connectivity index (χ1) is 10.3. The van der Waals surface area contributed by atoms with Crippen LogP contribution in [0.3, 0.4) is 0 Å². The molecule has 0 heterocycles. The average Bonchev–Trinajstić information content (AvgIpc) is 2.52. The topological polar surface area (TPSA) is 44.5 Å². The second-order valence-corrected chi connectivity index (χ2v) is 4.63. The predicted molar refractivity (Wildman–Crippen MR) is 86.5 cm³/mol. The Balaban J connectivity index is 2.01. The van der Waals surface area contributed by atoms with Crippen molar-refractivity contribution in [1.29, 1.82) is 0 Å². The lowest BCUT2D eigenvalue weighted by atomic mass is 10.1. The van der Waals surface area contributed by atoms with Crippen LogP contribution in [0, 0.1) is 11.8 Å². The average molecular weight is 283 g/mol. The number of nitrogens with two attached hydrogens (primary N) is 1. The Bertz CT molecular complexity index is 640. The van der Waals surface area contributed by atoms with Gasteiger partial charge in [-0.15, -0.1) is 0 Å². The summed E-state index contributed by atoms with van der Waals surface area (Å²) in [5, 5.41) is 2.30. The summed E-state index contributed by atoms with van der Waals surface area (Å²) in [6.45, 7) is 4.55. The summed E-state index contributed by atoms with van der Waals surface area (Å²) in [5.74, 6) is 6.80. The van der Waals surface area contributed by atoms with Crippen molar-refractivity contribution in [2.75, 3.05) is 26.4 Å². The number of hydrogen-bond donors (Lipinski definition) is 1. The van der Waals surface area contributed by atoms with Gasteiger partial charge in [0, 0.05) is 25.2 Å². The molecule has 0 aliphatic heterocycles. The molecule has 0 aliphatic carbocycles. The highest BCUT2D eigenvalue weighted by atomic mass is 16.5. The molecule has 21 heavy (non-hydrogen) atoms. The third-order valence-electron chi connectivity index (χ3n) is 3.05. The SMILES string of the molecule is CCOCCCOc1ccc2cc(C#CCN)ccc2c1. The first kappa shape index (κ1) is 15.4. The fourth-order valence-corrected chi connectivity index (χ4v) is 2.04. The van der Waals surface area contributed by atoms with Crippen LogP contribution in [-0.4, -0.2) is 26.4 Å². The standard InChI is InChI=1S/C18H21NO2/c1-2-20-11-4-12-21-18-9-8-16-13-15(5-3-10-19)6-7-17(16)14-18/h6-9,13-14H,2,4,10-12,19H2,1H3. The summed E-state index contributed by atoms with van der Waals surface area (Å²) in [6, 6.07) is 12.2. The van der Waals surface area contributed by atoms with Crippen molar-refractivity contribution in [1.82, 2.24) is 0 Å². The molecular weight excluding hydrogens is 262 g/mol. The number of ether oxygens (including phenoxy) is 2. The number of rotatable bonds is 6. The van der Waals surface area contributed by atoms with E-state index in [0.717, 1.165) is 41.7 Å². The van der Waals surface area contributed by atoms with Gasteiger partial charge in [0.05, 0.1) is 13.2 Å². The van der Waals surface area contributed by atoms with Crippen LogP contribution in [0.5, 0.6) is 5.75 Å². The number of hydrogen-bond acceptors (Lipinski definition) is 3. The van der Waals surface area contributed by atoms with Gasteiger partial charge in [0.15, 0.2) is 0 Å². The van der Waals surface area contributed by atoms with Gasteiger partial charge >= 0.3 is 0 Å². The Morgan fingerprint density at radius 3 is 2.67 bits per heavy atom. The second-order valence-electron chi connectivity index (χ2n) is 4.63. The molecule has 0 bridgehead atoms. The van der Waals surface area contributed by atoms with Crippen LogP contribution in [0.1, 0.15) is 18.9 Å². The smallest absolute Gasteiger partial charge is 0.119 e. The maximum atomic E-state index is 5.73. The highest BCUT2D eigenvalue weighted by molar-refractivity contribution is 5.85. The van der Waals surface area contributed by atoms with Crippen LogP contribution in [0.2, 0.25) is 0 Å². The van der Waals surface area contributed by atoms with Gasteiger partial charge in [0.2, 0.25) is 0 Å². The first-order valence-corrected chi connectivity index (χ1v) is 7.27. The van der Waals surface area contributed by atoms with Gasteiger partial charge in [-0.05, 0) is 42.0 Å². The summed E-state index contributed by atoms with van der Waals surface area (Å²) in [4.78, 5) is 0. The Hall–Kier alpha value is -2.02. The zero-order chi connectivity index (χ0) is 14.9. The molecule has 110 valence electrons. The van der Waals surface area contributed by atoms with Crippen molar-refractivity contribution in [2.24, 2.45) is 5.73 Å². The molecule has 2 N–H and O–H groups in total. The monoisotopic (exact) mass is 283 g/mol. The maximum absolute atomic E-state index is 5.73.